The number of aryl methyl sites for hydroxylation is 6. The van der Waals surface area contributed by atoms with Crippen molar-refractivity contribution in [3.63, 3.8) is 0 Å². The maximum absolute atomic E-state index is 13.2. The van der Waals surface area contributed by atoms with Crippen LogP contribution >= 0.6 is 0 Å². The number of imidazole rings is 6. The first kappa shape index (κ1) is 51.1. The lowest BCUT2D eigenvalue weighted by atomic mass is 10.4. The Hall–Kier alpha value is -10.3. The molecule has 14 N–H and O–H groups in total. The molecule has 0 aromatic carbocycles. The van der Waals surface area contributed by atoms with Gasteiger partial charge in [-0.05, 0) is 0 Å². The van der Waals surface area contributed by atoms with Gasteiger partial charge in [0.25, 0.3) is 35.4 Å². The van der Waals surface area contributed by atoms with E-state index < -0.39 is 47.3 Å². The fraction of sp³-hybridized carbons (Fsp3) is 0.250. The van der Waals surface area contributed by atoms with Gasteiger partial charge >= 0.3 is 0 Å². The van der Waals surface area contributed by atoms with E-state index in [1.807, 2.05) is 0 Å². The highest BCUT2D eigenvalue weighted by molar-refractivity contribution is 6.08. The summed E-state index contributed by atoms with van der Waals surface area (Å²) >= 11 is 0. The smallest absolute Gasteiger partial charge is 0.292 e. The van der Waals surface area contributed by atoms with E-state index in [4.69, 9.17) is 22.3 Å². The minimum absolute atomic E-state index is 0.00484. The first-order chi connectivity index (χ1) is 34.0. The van der Waals surface area contributed by atoms with Gasteiger partial charge in [0.2, 0.25) is 46.8 Å². The Morgan fingerprint density at radius 1 is 0.403 bits per heavy atom. The molecule has 6 aromatic heterocycles. The third kappa shape index (κ3) is 12.8. The Bertz CT molecular complexity index is 2990. The summed E-state index contributed by atoms with van der Waals surface area (Å²) in [6.45, 7) is 0.253. The van der Waals surface area contributed by atoms with Crippen LogP contribution in [0.5, 0.6) is 0 Å². The Labute approximate surface area is 406 Å². The zero-order valence-electron chi connectivity index (χ0n) is 39.2. The van der Waals surface area contributed by atoms with Gasteiger partial charge in [-0.15, -0.1) is 0 Å². The molecular formula is C40H48N24O8. The second-order valence-electron chi connectivity index (χ2n) is 15.6. The molecule has 376 valence electrons. The number of nitrogens with zero attached hydrogens (tertiary/aromatic N) is 12. The third-order valence-corrected chi connectivity index (χ3v) is 9.69. The zero-order valence-corrected chi connectivity index (χ0v) is 39.2. The van der Waals surface area contributed by atoms with Crippen LogP contribution < -0.4 is 54.0 Å². The second kappa shape index (κ2) is 21.8. The molecule has 0 aliphatic heterocycles. The van der Waals surface area contributed by atoms with Crippen molar-refractivity contribution in [3.05, 3.63) is 84.3 Å². The minimum Gasteiger partial charge on any atom is -0.388 e. The lowest BCUT2D eigenvalue weighted by molar-refractivity contribution is -0.114. The lowest BCUT2D eigenvalue weighted by Gasteiger charge is -2.03. The van der Waals surface area contributed by atoms with E-state index in [9.17, 15) is 38.4 Å². The van der Waals surface area contributed by atoms with E-state index in [0.717, 1.165) is 12.2 Å². The van der Waals surface area contributed by atoms with Crippen LogP contribution in [0.25, 0.3) is 0 Å². The number of nitrogens with one attached hydrogen (secondary N) is 10. The number of amidine groups is 2. The molecule has 0 aliphatic carbocycles. The monoisotopic (exact) mass is 992 g/mol. The molecule has 6 rings (SSSR count). The third-order valence-electron chi connectivity index (χ3n) is 9.69. The Morgan fingerprint density at radius 2 is 0.611 bits per heavy atom. The lowest BCUT2D eigenvalue weighted by Crippen LogP contribution is -2.29. The fourth-order valence-electron chi connectivity index (χ4n) is 6.38. The molecule has 0 aliphatic rings. The molecule has 0 radical (unpaired) electrons. The average Bonchev–Trinajstić information content (AvgIpc) is 4.16. The van der Waals surface area contributed by atoms with Crippen LogP contribution in [0.4, 0.5) is 34.9 Å². The first-order valence-electron chi connectivity index (χ1n) is 21.0. The van der Waals surface area contributed by atoms with Crippen LogP contribution in [-0.2, 0) is 51.9 Å². The Morgan fingerprint density at radius 3 is 0.833 bits per heavy atom. The van der Waals surface area contributed by atoms with Crippen molar-refractivity contribution in [2.45, 2.75) is 12.8 Å². The molecule has 32 heteroatoms. The van der Waals surface area contributed by atoms with Gasteiger partial charge in [-0.1, -0.05) is 0 Å². The largest absolute Gasteiger partial charge is 0.388 e. The van der Waals surface area contributed by atoms with Crippen LogP contribution in [0.15, 0.2) is 49.3 Å². The number of nitrogens with two attached hydrogens (primary N) is 2. The van der Waals surface area contributed by atoms with Crippen molar-refractivity contribution in [3.8, 4) is 0 Å². The summed E-state index contributed by atoms with van der Waals surface area (Å²) in [5, 5.41) is 34.8. The van der Waals surface area contributed by atoms with Gasteiger partial charge in [0, 0.05) is 118 Å². The molecule has 0 bridgehead atoms. The minimum atomic E-state index is -0.789. The van der Waals surface area contributed by atoms with Gasteiger partial charge in [-0.25, -0.2) is 29.9 Å². The molecule has 0 saturated heterocycles. The van der Waals surface area contributed by atoms with E-state index in [1.54, 1.807) is 14.1 Å². The maximum Gasteiger partial charge on any atom is 0.292 e. The van der Waals surface area contributed by atoms with Crippen LogP contribution in [-0.4, -0.2) is 129 Å². The highest BCUT2D eigenvalue weighted by atomic mass is 16.2. The average molecular weight is 993 g/mol. The molecule has 0 saturated carbocycles. The van der Waals surface area contributed by atoms with Crippen LogP contribution in [0, 0.1) is 10.8 Å². The molecule has 32 nitrogen and oxygen atoms in total. The molecule has 0 spiro atoms. The van der Waals surface area contributed by atoms with Crippen LogP contribution in [0.3, 0.4) is 0 Å². The number of carbonyl (C=O) groups excluding carboxylic acids is 8. The number of hydrogen-bond donors (Lipinski definition) is 12. The molecule has 6 aromatic rings. The topological polar surface area (TPSA) is 439 Å². The van der Waals surface area contributed by atoms with Crippen LogP contribution in [0.1, 0.15) is 76.6 Å². The zero-order chi connectivity index (χ0) is 52.6. The van der Waals surface area contributed by atoms with Crippen molar-refractivity contribution >= 4 is 93.8 Å². The number of rotatable bonds is 20. The van der Waals surface area contributed by atoms with E-state index >= 15 is 0 Å². The first-order valence-corrected chi connectivity index (χ1v) is 21.0. The van der Waals surface area contributed by atoms with Gasteiger partial charge in [0.15, 0.2) is 34.9 Å². The predicted molar refractivity (Wildman–Crippen MR) is 255 cm³/mol. The second-order valence-corrected chi connectivity index (χ2v) is 15.6. The fourth-order valence-corrected chi connectivity index (χ4v) is 6.38. The van der Waals surface area contributed by atoms with Crippen molar-refractivity contribution in [2.75, 3.05) is 45.0 Å². The quantitative estimate of drug-likeness (QED) is 0.0231. The van der Waals surface area contributed by atoms with Crippen molar-refractivity contribution in [1.29, 1.82) is 10.8 Å². The molecular weight excluding hydrogens is 945 g/mol. The molecule has 0 unspecified atom stereocenters. The van der Waals surface area contributed by atoms with Gasteiger partial charge in [0.1, 0.15) is 0 Å². The number of aromatic nitrogens is 12. The normalized spacial score (nSPS) is 10.9. The summed E-state index contributed by atoms with van der Waals surface area (Å²) in [4.78, 5) is 128. The number of anilines is 6. The summed E-state index contributed by atoms with van der Waals surface area (Å²) in [6, 6.07) is 0. The Kier molecular flexibility index (Phi) is 15.4. The van der Waals surface area contributed by atoms with Gasteiger partial charge in [0.05, 0.1) is 11.7 Å². The summed E-state index contributed by atoms with van der Waals surface area (Å²) in [5.41, 5.74) is 10.6. The van der Waals surface area contributed by atoms with Crippen molar-refractivity contribution < 1.29 is 38.4 Å². The number of carbonyl (C=O) groups is 8. The van der Waals surface area contributed by atoms with Gasteiger partial charge in [-0.2, -0.15) is 0 Å². The maximum atomic E-state index is 13.2. The van der Waals surface area contributed by atoms with E-state index in [2.05, 4.69) is 72.4 Å². The Balaban J connectivity index is 0.974. The van der Waals surface area contributed by atoms with Crippen molar-refractivity contribution in [1.82, 2.24) is 67.9 Å². The van der Waals surface area contributed by atoms with E-state index in [1.165, 1.54) is 92.8 Å². The van der Waals surface area contributed by atoms with Gasteiger partial charge in [-0.3, -0.25) is 49.2 Å². The summed E-state index contributed by atoms with van der Waals surface area (Å²) in [7, 11) is 9.12. The predicted octanol–water partition coefficient (Wildman–Crippen LogP) is -1.66. The molecule has 8 amide bonds. The number of hydrogen-bond acceptors (Lipinski definition) is 16. The van der Waals surface area contributed by atoms with E-state index in [-0.39, 0.29) is 107 Å². The molecule has 0 atom stereocenters. The molecule has 0 fully saturated rings. The highest BCUT2D eigenvalue weighted by Gasteiger charge is 2.24. The van der Waals surface area contributed by atoms with Gasteiger partial charge < -0.3 is 81.4 Å². The standard InChI is InChI=1S/C40H48N24O8/c1-59-15-23(51-29(59)35(67)45-11-9-19(41)42)55-39(71)33-53-25(17-63(33)5)57-37(69)31-49-21(13-61(31)3)47-27(65)7-8-28(66)48-22-14-62(4)32(50-22)38(70)58-26-18-64(6)34(54-26)40(72)56-24-16-60(2)30(52-24)36(68)46-12-10-20(43)44/h7-8,13-18H,9-12H2,1-6H3,(H3,41,42)(H3,43,44)(H,45,67)(H,46,68)(H,47,65)(H,48,66)(H,55,71)(H,56,72)(H,57,69)(H,58,70)/b8-7+. The molecule has 72 heavy (non-hydrogen) atoms. The van der Waals surface area contributed by atoms with Crippen LogP contribution in [0.2, 0.25) is 0 Å². The summed E-state index contributed by atoms with van der Waals surface area (Å²) < 4.78 is 8.12. The van der Waals surface area contributed by atoms with E-state index in [0.29, 0.717) is 0 Å². The van der Waals surface area contributed by atoms with Crippen molar-refractivity contribution in [2.24, 2.45) is 53.8 Å². The number of amides is 8. The summed E-state index contributed by atoms with van der Waals surface area (Å²) in [6.07, 6.45) is 10.4. The highest BCUT2D eigenvalue weighted by Crippen LogP contribution is 2.17. The molecule has 6 heterocycles. The SMILES string of the molecule is Cn1cc(NC(=O)c2nc(NC(=O)c3nc(NC(=O)/C=C/C(=O)Nc4cn(C)c(C(=O)Nc5cn(C)c(C(=O)Nc6cn(C)c(C(=O)NCCC(=N)N)n6)n5)n4)cn3C)cn2C)nc1C(=O)NCCC(=N)N. The summed E-state index contributed by atoms with van der Waals surface area (Å²) in [5.74, 6) is -6.32.